The summed E-state index contributed by atoms with van der Waals surface area (Å²) in [6.07, 6.45) is 9.43. The van der Waals surface area contributed by atoms with Gasteiger partial charge in [-0.05, 0) is 44.2 Å². The monoisotopic (exact) mass is 327 g/mol. The minimum atomic E-state index is 0.308. The van der Waals surface area contributed by atoms with E-state index in [0.29, 0.717) is 18.5 Å². The Morgan fingerprint density at radius 2 is 1.88 bits per heavy atom. The van der Waals surface area contributed by atoms with E-state index in [4.69, 9.17) is 0 Å². The number of rotatable bonds is 3. The van der Waals surface area contributed by atoms with Gasteiger partial charge >= 0.3 is 0 Å². The molecular formula is C18H25N5O. The van der Waals surface area contributed by atoms with Crippen LogP contribution in [0.1, 0.15) is 38.1 Å². The molecule has 6 nitrogen and oxygen atoms in total. The van der Waals surface area contributed by atoms with Crippen molar-refractivity contribution in [3.8, 4) is 0 Å². The van der Waals surface area contributed by atoms with E-state index >= 15 is 0 Å². The lowest BCUT2D eigenvalue weighted by Crippen LogP contribution is -2.45. The van der Waals surface area contributed by atoms with Gasteiger partial charge in [0.05, 0.1) is 12.9 Å². The molecule has 128 valence electrons. The van der Waals surface area contributed by atoms with Crippen LogP contribution in [0.4, 0.5) is 0 Å². The smallest absolute Gasteiger partial charge is 0.236 e. The Hall–Kier alpha value is -1.95. The number of pyridine rings is 1. The molecule has 0 radical (unpaired) electrons. The fraction of sp³-hybridized carbons (Fsp3) is 0.611. The first-order valence-corrected chi connectivity index (χ1v) is 9.09. The quantitative estimate of drug-likeness (QED) is 0.866. The molecule has 4 rings (SSSR count). The highest BCUT2D eigenvalue weighted by molar-refractivity contribution is 5.78. The van der Waals surface area contributed by atoms with Gasteiger partial charge in [-0.3, -0.25) is 9.69 Å². The molecule has 0 unspecified atom stereocenters. The minimum absolute atomic E-state index is 0.308. The van der Waals surface area contributed by atoms with Crippen LogP contribution in [-0.2, 0) is 4.79 Å². The number of imidazole rings is 1. The number of likely N-dealkylation sites (tertiary alicyclic amines) is 2. The molecule has 6 heteroatoms. The van der Waals surface area contributed by atoms with Gasteiger partial charge in [-0.25, -0.2) is 9.97 Å². The summed E-state index contributed by atoms with van der Waals surface area (Å²) in [5.41, 5.74) is 1.93. The van der Waals surface area contributed by atoms with E-state index < -0.39 is 0 Å². The summed E-state index contributed by atoms with van der Waals surface area (Å²) in [6.45, 7) is 4.41. The van der Waals surface area contributed by atoms with Gasteiger partial charge in [0.1, 0.15) is 5.52 Å². The van der Waals surface area contributed by atoms with Crippen LogP contribution in [0, 0.1) is 0 Å². The van der Waals surface area contributed by atoms with Crippen molar-refractivity contribution in [3.63, 3.8) is 0 Å². The van der Waals surface area contributed by atoms with Crippen molar-refractivity contribution in [2.75, 3.05) is 32.7 Å². The molecule has 1 amide bonds. The van der Waals surface area contributed by atoms with Gasteiger partial charge in [0.15, 0.2) is 5.65 Å². The second kappa shape index (κ2) is 6.89. The van der Waals surface area contributed by atoms with E-state index in [0.717, 1.165) is 63.0 Å². The lowest BCUT2D eigenvalue weighted by molar-refractivity contribution is -0.133. The number of carbonyl (C=O) groups excluding carboxylic acids is 1. The van der Waals surface area contributed by atoms with Crippen LogP contribution in [0.2, 0.25) is 0 Å². The van der Waals surface area contributed by atoms with Crippen LogP contribution in [0.15, 0.2) is 24.7 Å². The maximum Gasteiger partial charge on any atom is 0.236 e. The number of hydrogen-bond acceptors (Lipinski definition) is 4. The fourth-order valence-electron chi connectivity index (χ4n) is 3.92. The van der Waals surface area contributed by atoms with Crippen molar-refractivity contribution in [2.45, 2.75) is 38.1 Å². The Kier molecular flexibility index (Phi) is 4.47. The molecule has 0 atom stereocenters. The standard InChI is InChI=1S/C18H25N5O/c24-17(22-9-2-1-3-10-22)13-21-11-6-15(7-12-21)23-14-20-16-5-4-8-19-18(16)23/h4-5,8,14-15H,1-3,6-7,9-13H2. The lowest BCUT2D eigenvalue weighted by atomic mass is 10.0. The highest BCUT2D eigenvalue weighted by Crippen LogP contribution is 2.25. The number of nitrogens with zero attached hydrogens (tertiary/aromatic N) is 5. The predicted molar refractivity (Wildman–Crippen MR) is 92.7 cm³/mol. The Morgan fingerprint density at radius 1 is 1.08 bits per heavy atom. The third kappa shape index (κ3) is 3.15. The predicted octanol–water partition coefficient (Wildman–Crippen LogP) is 2.08. The maximum atomic E-state index is 12.4. The molecule has 0 bridgehead atoms. The van der Waals surface area contributed by atoms with E-state index in [9.17, 15) is 4.79 Å². The topological polar surface area (TPSA) is 54.3 Å². The molecule has 2 aromatic rings. The SMILES string of the molecule is O=C(CN1CCC(n2cnc3cccnc32)CC1)N1CCCCC1. The number of amides is 1. The first-order valence-electron chi connectivity index (χ1n) is 9.09. The Bertz CT molecular complexity index is 698. The molecule has 2 aliphatic rings. The Labute approximate surface area is 142 Å². The summed E-state index contributed by atoms with van der Waals surface area (Å²) in [4.78, 5) is 25.7. The molecule has 2 fully saturated rings. The Morgan fingerprint density at radius 3 is 2.67 bits per heavy atom. The molecule has 2 aliphatic heterocycles. The van der Waals surface area contributed by atoms with Crippen LogP contribution in [-0.4, -0.2) is 63.0 Å². The van der Waals surface area contributed by atoms with Crippen LogP contribution < -0.4 is 0 Å². The van der Waals surface area contributed by atoms with Crippen molar-refractivity contribution in [1.82, 2.24) is 24.3 Å². The lowest BCUT2D eigenvalue weighted by Gasteiger charge is -2.34. The van der Waals surface area contributed by atoms with Gasteiger partial charge < -0.3 is 9.47 Å². The number of hydrogen-bond donors (Lipinski definition) is 0. The zero-order chi connectivity index (χ0) is 16.4. The number of piperidine rings is 2. The molecule has 4 heterocycles. The maximum absolute atomic E-state index is 12.4. The summed E-state index contributed by atoms with van der Waals surface area (Å²) in [7, 11) is 0. The highest BCUT2D eigenvalue weighted by atomic mass is 16.2. The van der Waals surface area contributed by atoms with Crippen LogP contribution in [0.25, 0.3) is 11.2 Å². The van der Waals surface area contributed by atoms with E-state index in [1.807, 2.05) is 29.6 Å². The first kappa shape index (κ1) is 15.6. The average molecular weight is 327 g/mol. The summed E-state index contributed by atoms with van der Waals surface area (Å²) in [5.74, 6) is 0.308. The first-order chi connectivity index (χ1) is 11.8. The molecular weight excluding hydrogens is 302 g/mol. The Balaban J connectivity index is 1.34. The zero-order valence-corrected chi connectivity index (χ0v) is 14.1. The van der Waals surface area contributed by atoms with Crippen molar-refractivity contribution < 1.29 is 4.79 Å². The summed E-state index contributed by atoms with van der Waals surface area (Å²) < 4.78 is 2.21. The van der Waals surface area contributed by atoms with Gasteiger partial charge in [-0.2, -0.15) is 0 Å². The normalized spacial score (nSPS) is 20.6. The molecule has 0 aliphatic carbocycles. The zero-order valence-electron chi connectivity index (χ0n) is 14.1. The third-order valence-electron chi connectivity index (χ3n) is 5.35. The van der Waals surface area contributed by atoms with Gasteiger partial charge in [0.25, 0.3) is 0 Å². The summed E-state index contributed by atoms with van der Waals surface area (Å²) >= 11 is 0. The molecule has 2 aromatic heterocycles. The van der Waals surface area contributed by atoms with Crippen molar-refractivity contribution in [1.29, 1.82) is 0 Å². The largest absolute Gasteiger partial charge is 0.342 e. The minimum Gasteiger partial charge on any atom is -0.342 e. The van der Waals surface area contributed by atoms with Gasteiger partial charge in [-0.1, -0.05) is 0 Å². The van der Waals surface area contributed by atoms with E-state index in [-0.39, 0.29) is 0 Å². The van der Waals surface area contributed by atoms with Gasteiger partial charge in [0, 0.05) is 38.4 Å². The van der Waals surface area contributed by atoms with E-state index in [1.54, 1.807) is 0 Å². The number of fused-ring (bicyclic) bond motifs is 1. The number of aromatic nitrogens is 3. The summed E-state index contributed by atoms with van der Waals surface area (Å²) in [5, 5.41) is 0. The van der Waals surface area contributed by atoms with Gasteiger partial charge in [0.2, 0.25) is 5.91 Å². The molecule has 24 heavy (non-hydrogen) atoms. The van der Waals surface area contributed by atoms with E-state index in [1.165, 1.54) is 6.42 Å². The van der Waals surface area contributed by atoms with Crippen LogP contribution in [0.3, 0.4) is 0 Å². The third-order valence-corrected chi connectivity index (χ3v) is 5.35. The van der Waals surface area contributed by atoms with E-state index in [2.05, 4.69) is 19.4 Å². The molecule has 0 spiro atoms. The van der Waals surface area contributed by atoms with Crippen LogP contribution in [0.5, 0.6) is 0 Å². The van der Waals surface area contributed by atoms with Crippen molar-refractivity contribution in [3.05, 3.63) is 24.7 Å². The second-order valence-corrected chi connectivity index (χ2v) is 6.95. The van der Waals surface area contributed by atoms with Crippen LogP contribution >= 0.6 is 0 Å². The molecule has 2 saturated heterocycles. The molecule has 0 aromatic carbocycles. The number of carbonyl (C=O) groups is 1. The average Bonchev–Trinajstić information content (AvgIpc) is 3.07. The van der Waals surface area contributed by atoms with Gasteiger partial charge in [-0.15, -0.1) is 0 Å². The van der Waals surface area contributed by atoms with Crippen molar-refractivity contribution in [2.24, 2.45) is 0 Å². The second-order valence-electron chi connectivity index (χ2n) is 6.95. The van der Waals surface area contributed by atoms with Crippen molar-refractivity contribution >= 4 is 17.1 Å². The highest BCUT2D eigenvalue weighted by Gasteiger charge is 2.25. The molecule has 0 saturated carbocycles. The summed E-state index contributed by atoms with van der Waals surface area (Å²) in [6, 6.07) is 4.37. The molecule has 0 N–H and O–H groups in total. The fourth-order valence-corrected chi connectivity index (χ4v) is 3.92.